The molecule has 0 saturated heterocycles. The van der Waals surface area contributed by atoms with Crippen molar-refractivity contribution in [2.45, 2.75) is 32.6 Å². The molecule has 0 spiro atoms. The molecule has 1 aromatic rings. The van der Waals surface area contributed by atoms with Gasteiger partial charge in [0.15, 0.2) is 5.96 Å². The van der Waals surface area contributed by atoms with Crippen molar-refractivity contribution in [3.05, 3.63) is 24.4 Å². The van der Waals surface area contributed by atoms with E-state index in [0.29, 0.717) is 0 Å². The van der Waals surface area contributed by atoms with Crippen LogP contribution in [0.3, 0.4) is 0 Å². The van der Waals surface area contributed by atoms with Gasteiger partial charge in [-0.05, 0) is 50.7 Å². The van der Waals surface area contributed by atoms with Gasteiger partial charge in [-0.25, -0.2) is 4.98 Å². The zero-order chi connectivity index (χ0) is 14.8. The highest BCUT2D eigenvalue weighted by Gasteiger charge is 2.20. The number of nitrogens with one attached hydrogen (secondary N) is 3. The highest BCUT2D eigenvalue weighted by atomic mass is 127. The number of unbranched alkanes of at least 4 members (excludes halogenated alkanes) is 1. The number of hydrogen-bond acceptors (Lipinski definition) is 3. The Hall–Kier alpha value is -1.05. The van der Waals surface area contributed by atoms with Crippen molar-refractivity contribution in [2.75, 3.05) is 31.5 Å². The Balaban J connectivity index is 0.00000242. The van der Waals surface area contributed by atoms with Crippen LogP contribution in [0.25, 0.3) is 0 Å². The van der Waals surface area contributed by atoms with Crippen molar-refractivity contribution in [3.63, 3.8) is 0 Å². The van der Waals surface area contributed by atoms with Crippen LogP contribution in [-0.2, 0) is 0 Å². The van der Waals surface area contributed by atoms with Gasteiger partial charge in [-0.3, -0.25) is 4.99 Å². The van der Waals surface area contributed by atoms with Gasteiger partial charge < -0.3 is 16.0 Å². The summed E-state index contributed by atoms with van der Waals surface area (Å²) >= 11 is 0. The van der Waals surface area contributed by atoms with Crippen molar-refractivity contribution in [1.82, 2.24) is 15.6 Å². The largest absolute Gasteiger partial charge is 0.370 e. The SMILES string of the molecule is CCNC(=NCC1CC1)NCCCCNc1ccccn1.I. The van der Waals surface area contributed by atoms with Crippen LogP contribution in [0, 0.1) is 5.92 Å². The van der Waals surface area contributed by atoms with Crippen LogP contribution in [0.5, 0.6) is 0 Å². The molecular weight excluding hydrogens is 389 g/mol. The maximum Gasteiger partial charge on any atom is 0.191 e. The van der Waals surface area contributed by atoms with Crippen molar-refractivity contribution in [1.29, 1.82) is 0 Å². The molecule has 124 valence electrons. The molecule has 0 amide bonds. The van der Waals surface area contributed by atoms with E-state index in [2.05, 4.69) is 32.9 Å². The minimum absolute atomic E-state index is 0. The number of hydrogen-bond donors (Lipinski definition) is 3. The average molecular weight is 417 g/mol. The molecule has 2 rings (SSSR count). The van der Waals surface area contributed by atoms with Gasteiger partial charge in [-0.2, -0.15) is 0 Å². The molecule has 0 unspecified atom stereocenters. The lowest BCUT2D eigenvalue weighted by atomic mass is 10.3. The second-order valence-corrected chi connectivity index (χ2v) is 5.44. The Labute approximate surface area is 150 Å². The van der Waals surface area contributed by atoms with Crippen LogP contribution in [0.1, 0.15) is 32.6 Å². The number of anilines is 1. The zero-order valence-electron chi connectivity index (χ0n) is 13.3. The van der Waals surface area contributed by atoms with Crippen LogP contribution in [0.2, 0.25) is 0 Å². The minimum atomic E-state index is 0. The molecule has 1 heterocycles. The first-order valence-electron chi connectivity index (χ1n) is 8.05. The Morgan fingerprint density at radius 3 is 2.73 bits per heavy atom. The maximum atomic E-state index is 4.61. The Bertz CT molecular complexity index is 420. The Kier molecular flexibility index (Phi) is 9.94. The van der Waals surface area contributed by atoms with Crippen molar-refractivity contribution in [2.24, 2.45) is 10.9 Å². The molecular formula is C16H28IN5. The smallest absolute Gasteiger partial charge is 0.191 e. The van der Waals surface area contributed by atoms with E-state index in [1.165, 1.54) is 12.8 Å². The number of nitrogens with zero attached hydrogens (tertiary/aromatic N) is 2. The van der Waals surface area contributed by atoms with Crippen molar-refractivity contribution < 1.29 is 0 Å². The summed E-state index contributed by atoms with van der Waals surface area (Å²) in [6.45, 7) is 5.90. The molecule has 0 aromatic carbocycles. The molecule has 1 aromatic heterocycles. The van der Waals surface area contributed by atoms with Crippen LogP contribution < -0.4 is 16.0 Å². The van der Waals surface area contributed by atoms with E-state index in [1.54, 1.807) is 0 Å². The maximum absolute atomic E-state index is 4.61. The van der Waals surface area contributed by atoms with Crippen LogP contribution in [-0.4, -0.2) is 37.1 Å². The van der Waals surface area contributed by atoms with E-state index >= 15 is 0 Å². The minimum Gasteiger partial charge on any atom is -0.370 e. The third kappa shape index (κ3) is 8.41. The monoisotopic (exact) mass is 417 g/mol. The number of guanidine groups is 1. The summed E-state index contributed by atoms with van der Waals surface area (Å²) in [5.74, 6) is 2.75. The molecule has 5 nitrogen and oxygen atoms in total. The fraction of sp³-hybridized carbons (Fsp3) is 0.625. The average Bonchev–Trinajstić information content (AvgIpc) is 3.33. The summed E-state index contributed by atoms with van der Waals surface area (Å²) in [4.78, 5) is 8.85. The molecule has 0 radical (unpaired) electrons. The number of aliphatic imine (C=N–C) groups is 1. The first-order valence-corrected chi connectivity index (χ1v) is 8.05. The lowest BCUT2D eigenvalue weighted by Crippen LogP contribution is -2.38. The molecule has 0 atom stereocenters. The molecule has 22 heavy (non-hydrogen) atoms. The second-order valence-electron chi connectivity index (χ2n) is 5.44. The molecule has 1 aliphatic carbocycles. The van der Waals surface area contributed by atoms with Gasteiger partial charge >= 0.3 is 0 Å². The van der Waals surface area contributed by atoms with Crippen molar-refractivity contribution >= 4 is 35.8 Å². The number of pyridine rings is 1. The quantitative estimate of drug-likeness (QED) is 0.250. The molecule has 1 fully saturated rings. The Morgan fingerprint density at radius 2 is 2.05 bits per heavy atom. The fourth-order valence-corrected chi connectivity index (χ4v) is 2.00. The summed E-state index contributed by atoms with van der Waals surface area (Å²) in [6.07, 6.45) is 6.74. The molecule has 1 saturated carbocycles. The van der Waals surface area contributed by atoms with E-state index in [4.69, 9.17) is 0 Å². The van der Waals surface area contributed by atoms with Gasteiger partial charge in [0.2, 0.25) is 0 Å². The number of rotatable bonds is 9. The third-order valence-corrected chi connectivity index (χ3v) is 3.42. The summed E-state index contributed by atoms with van der Waals surface area (Å²) in [7, 11) is 0. The highest BCUT2D eigenvalue weighted by molar-refractivity contribution is 14.0. The predicted octanol–water partition coefficient (Wildman–Crippen LogP) is 2.86. The lowest BCUT2D eigenvalue weighted by molar-refractivity contribution is 0.708. The van der Waals surface area contributed by atoms with E-state index in [-0.39, 0.29) is 24.0 Å². The van der Waals surface area contributed by atoms with E-state index < -0.39 is 0 Å². The second kappa shape index (κ2) is 11.5. The van der Waals surface area contributed by atoms with Gasteiger partial charge in [0, 0.05) is 32.4 Å². The summed E-state index contributed by atoms with van der Waals surface area (Å²) in [5.41, 5.74) is 0. The fourth-order valence-electron chi connectivity index (χ4n) is 2.00. The molecule has 3 N–H and O–H groups in total. The molecule has 0 bridgehead atoms. The van der Waals surface area contributed by atoms with Crippen molar-refractivity contribution in [3.8, 4) is 0 Å². The van der Waals surface area contributed by atoms with Crippen LogP contribution >= 0.6 is 24.0 Å². The zero-order valence-corrected chi connectivity index (χ0v) is 15.7. The Morgan fingerprint density at radius 1 is 1.23 bits per heavy atom. The van der Waals surface area contributed by atoms with Gasteiger partial charge in [-0.1, -0.05) is 6.07 Å². The standard InChI is InChI=1S/C16H27N5.HI/c1-2-17-16(21-13-14-8-9-14)20-12-6-5-11-19-15-7-3-4-10-18-15;/h3-4,7,10,14H,2,5-6,8-9,11-13H2,1H3,(H,18,19)(H2,17,20,21);1H. The lowest BCUT2D eigenvalue weighted by Gasteiger charge is -2.11. The summed E-state index contributed by atoms with van der Waals surface area (Å²) in [6, 6.07) is 5.92. The highest BCUT2D eigenvalue weighted by Crippen LogP contribution is 2.28. The topological polar surface area (TPSA) is 61.3 Å². The summed E-state index contributed by atoms with van der Waals surface area (Å²) in [5, 5.41) is 10.0. The normalized spacial score (nSPS) is 14.1. The van der Waals surface area contributed by atoms with E-state index in [0.717, 1.165) is 56.7 Å². The van der Waals surface area contributed by atoms with E-state index in [1.807, 2.05) is 24.4 Å². The predicted molar refractivity (Wildman–Crippen MR) is 104 cm³/mol. The van der Waals surface area contributed by atoms with Gasteiger partial charge in [0.1, 0.15) is 5.82 Å². The van der Waals surface area contributed by atoms with E-state index in [9.17, 15) is 0 Å². The summed E-state index contributed by atoms with van der Waals surface area (Å²) < 4.78 is 0. The van der Waals surface area contributed by atoms with Gasteiger partial charge in [0.25, 0.3) is 0 Å². The number of aromatic nitrogens is 1. The van der Waals surface area contributed by atoms with Crippen LogP contribution in [0.15, 0.2) is 29.4 Å². The molecule has 6 heteroatoms. The number of halogens is 1. The molecule has 1 aliphatic rings. The van der Waals surface area contributed by atoms with Crippen LogP contribution in [0.4, 0.5) is 5.82 Å². The first kappa shape index (κ1) is 19.0. The van der Waals surface area contributed by atoms with Gasteiger partial charge in [0.05, 0.1) is 0 Å². The van der Waals surface area contributed by atoms with Gasteiger partial charge in [-0.15, -0.1) is 24.0 Å². The first-order chi connectivity index (χ1) is 10.4. The molecule has 0 aliphatic heterocycles. The third-order valence-electron chi connectivity index (χ3n) is 3.42.